The summed E-state index contributed by atoms with van der Waals surface area (Å²) in [6, 6.07) is 4.03. The molecule has 0 aromatic heterocycles. The maximum Gasteiger partial charge on any atom is 0.244 e. The largest absolute Gasteiger partial charge is 0.324 e. The number of benzene rings is 1. The van der Waals surface area contributed by atoms with Gasteiger partial charge in [0, 0.05) is 12.6 Å². The van der Waals surface area contributed by atoms with E-state index in [0.717, 1.165) is 0 Å². The van der Waals surface area contributed by atoms with E-state index in [4.69, 9.17) is 0 Å². The summed E-state index contributed by atoms with van der Waals surface area (Å²) >= 11 is 0. The molecule has 1 aromatic carbocycles. The zero-order valence-electron chi connectivity index (χ0n) is 12.1. The first-order valence-electron chi connectivity index (χ1n) is 6.40. The van der Waals surface area contributed by atoms with Crippen molar-refractivity contribution in [1.29, 1.82) is 0 Å². The molecule has 3 N–H and O–H groups in total. The van der Waals surface area contributed by atoms with Gasteiger partial charge in [0.2, 0.25) is 11.8 Å². The fourth-order valence-electron chi connectivity index (χ4n) is 1.70. The third-order valence-electron chi connectivity index (χ3n) is 2.72. The van der Waals surface area contributed by atoms with Crippen LogP contribution in [0.3, 0.4) is 0 Å². The average Bonchev–Trinajstić information content (AvgIpc) is 2.32. The number of carbonyl (C=O) groups is 2. The predicted molar refractivity (Wildman–Crippen MR) is 77.1 cm³/mol. The van der Waals surface area contributed by atoms with Crippen LogP contribution in [-0.4, -0.2) is 23.9 Å². The number of rotatable bonds is 5. The van der Waals surface area contributed by atoms with Crippen LogP contribution in [0.25, 0.3) is 0 Å². The van der Waals surface area contributed by atoms with Crippen molar-refractivity contribution in [2.45, 2.75) is 33.2 Å². The molecule has 0 heterocycles. The summed E-state index contributed by atoms with van der Waals surface area (Å²) in [6.45, 7) is 7.36. The molecule has 0 fully saturated rings. The summed E-state index contributed by atoms with van der Waals surface area (Å²) in [5, 5.41) is 8.10. The predicted octanol–water partition coefficient (Wildman–Crippen LogP) is 2.11. The minimum absolute atomic E-state index is 0.0385. The van der Waals surface area contributed by atoms with Gasteiger partial charge < -0.3 is 16.0 Å². The fraction of sp³-hybridized carbons (Fsp3) is 0.429. The highest BCUT2D eigenvalue weighted by atomic mass is 19.1. The number of amides is 2. The first-order chi connectivity index (χ1) is 9.26. The summed E-state index contributed by atoms with van der Waals surface area (Å²) in [5.41, 5.74) is -0.278. The van der Waals surface area contributed by atoms with Crippen LogP contribution in [0.5, 0.6) is 0 Å². The van der Waals surface area contributed by atoms with E-state index < -0.39 is 11.4 Å². The van der Waals surface area contributed by atoms with Crippen LogP contribution in [0.4, 0.5) is 15.8 Å². The van der Waals surface area contributed by atoms with Crippen LogP contribution in [0.1, 0.15) is 27.7 Å². The Balaban J connectivity index is 2.88. The molecule has 0 spiro atoms. The van der Waals surface area contributed by atoms with Gasteiger partial charge in [-0.05, 0) is 38.6 Å². The molecule has 0 unspecified atom stereocenters. The van der Waals surface area contributed by atoms with E-state index in [-0.39, 0.29) is 17.5 Å². The van der Waals surface area contributed by atoms with Gasteiger partial charge in [-0.25, -0.2) is 4.39 Å². The molecule has 0 aliphatic heterocycles. The molecule has 0 saturated heterocycles. The number of hydrogen-bond donors (Lipinski definition) is 3. The number of likely N-dealkylation sites (N-methyl/N-ethyl adjacent to an activating group) is 1. The lowest BCUT2D eigenvalue weighted by Gasteiger charge is -2.24. The van der Waals surface area contributed by atoms with Gasteiger partial charge in [0.05, 0.1) is 11.2 Å². The zero-order chi connectivity index (χ0) is 15.3. The van der Waals surface area contributed by atoms with Gasteiger partial charge in [-0.15, -0.1) is 0 Å². The molecule has 0 saturated carbocycles. The number of halogens is 1. The molecule has 0 radical (unpaired) electrons. The van der Waals surface area contributed by atoms with Gasteiger partial charge in [-0.3, -0.25) is 9.59 Å². The third-order valence-corrected chi connectivity index (χ3v) is 2.72. The van der Waals surface area contributed by atoms with Crippen LogP contribution in [0.15, 0.2) is 18.2 Å². The normalized spacial score (nSPS) is 11.1. The minimum Gasteiger partial charge on any atom is -0.324 e. The van der Waals surface area contributed by atoms with Crippen LogP contribution in [-0.2, 0) is 9.59 Å². The van der Waals surface area contributed by atoms with E-state index >= 15 is 0 Å². The molecule has 5 nitrogen and oxygen atoms in total. The Hall–Kier alpha value is -1.95. The summed E-state index contributed by atoms with van der Waals surface area (Å²) in [7, 11) is 0. The maximum absolute atomic E-state index is 13.5. The van der Waals surface area contributed by atoms with Crippen molar-refractivity contribution < 1.29 is 14.0 Å². The molecule has 110 valence electrons. The number of hydrogen-bond acceptors (Lipinski definition) is 3. The highest BCUT2D eigenvalue weighted by Crippen LogP contribution is 2.20. The minimum atomic E-state index is -0.739. The molecular formula is C14H20FN3O2. The molecule has 2 amide bonds. The van der Waals surface area contributed by atoms with Crippen molar-refractivity contribution in [3.8, 4) is 0 Å². The van der Waals surface area contributed by atoms with Crippen LogP contribution in [0.2, 0.25) is 0 Å². The maximum atomic E-state index is 13.5. The highest BCUT2D eigenvalue weighted by molar-refractivity contribution is 5.98. The van der Waals surface area contributed by atoms with E-state index in [9.17, 15) is 14.0 Å². The summed E-state index contributed by atoms with van der Waals surface area (Å²) in [5.74, 6) is -1.16. The van der Waals surface area contributed by atoms with Crippen molar-refractivity contribution >= 4 is 23.2 Å². The van der Waals surface area contributed by atoms with Crippen LogP contribution < -0.4 is 16.0 Å². The molecule has 0 bridgehead atoms. The quantitative estimate of drug-likeness (QED) is 0.774. The van der Waals surface area contributed by atoms with Gasteiger partial charge in [0.25, 0.3) is 0 Å². The molecular weight excluding hydrogens is 261 g/mol. The SMILES string of the molecule is CCNC(C)(C)C(=O)Nc1ccc(F)c(NC(C)=O)c1. The Labute approximate surface area is 117 Å². The van der Waals surface area contributed by atoms with Gasteiger partial charge in [-0.2, -0.15) is 0 Å². The summed E-state index contributed by atoms with van der Waals surface area (Å²) in [6.07, 6.45) is 0. The van der Waals surface area contributed by atoms with Crippen molar-refractivity contribution in [2.24, 2.45) is 0 Å². The van der Waals surface area contributed by atoms with E-state index in [1.54, 1.807) is 13.8 Å². The Morgan fingerprint density at radius 3 is 2.45 bits per heavy atom. The smallest absolute Gasteiger partial charge is 0.244 e. The second kappa shape index (κ2) is 6.47. The average molecular weight is 281 g/mol. The van der Waals surface area contributed by atoms with E-state index in [1.165, 1.54) is 25.1 Å². The number of nitrogens with one attached hydrogen (secondary N) is 3. The van der Waals surface area contributed by atoms with E-state index in [1.807, 2.05) is 6.92 Å². The molecule has 6 heteroatoms. The summed E-state index contributed by atoms with van der Waals surface area (Å²) < 4.78 is 13.5. The molecule has 0 aliphatic carbocycles. The lowest BCUT2D eigenvalue weighted by molar-refractivity contribution is -0.121. The topological polar surface area (TPSA) is 70.2 Å². The van der Waals surface area contributed by atoms with E-state index in [0.29, 0.717) is 12.2 Å². The molecule has 1 rings (SSSR count). The standard InChI is InChI=1S/C14H20FN3O2/c1-5-16-14(3,4)13(20)18-10-6-7-11(15)12(8-10)17-9(2)19/h6-8,16H,5H2,1-4H3,(H,17,19)(H,18,20). The molecule has 20 heavy (non-hydrogen) atoms. The summed E-state index contributed by atoms with van der Waals surface area (Å²) in [4.78, 5) is 23.1. The van der Waals surface area contributed by atoms with Gasteiger partial charge in [0.1, 0.15) is 5.82 Å². The molecule has 1 aromatic rings. The Kier molecular flexibility index (Phi) is 5.21. The Morgan fingerprint density at radius 1 is 1.25 bits per heavy atom. The molecule has 0 atom stereocenters. The first-order valence-corrected chi connectivity index (χ1v) is 6.40. The second-order valence-corrected chi connectivity index (χ2v) is 4.99. The van der Waals surface area contributed by atoms with Gasteiger partial charge in [-0.1, -0.05) is 6.92 Å². The second-order valence-electron chi connectivity index (χ2n) is 4.99. The lowest BCUT2D eigenvalue weighted by Crippen LogP contribution is -2.49. The van der Waals surface area contributed by atoms with Crippen molar-refractivity contribution in [3.05, 3.63) is 24.0 Å². The molecule has 0 aliphatic rings. The van der Waals surface area contributed by atoms with Crippen molar-refractivity contribution in [3.63, 3.8) is 0 Å². The van der Waals surface area contributed by atoms with Gasteiger partial charge in [0.15, 0.2) is 0 Å². The third kappa shape index (κ3) is 4.31. The first kappa shape index (κ1) is 16.1. The Bertz CT molecular complexity index is 515. The zero-order valence-corrected chi connectivity index (χ0v) is 12.1. The monoisotopic (exact) mass is 281 g/mol. The highest BCUT2D eigenvalue weighted by Gasteiger charge is 2.26. The van der Waals surface area contributed by atoms with Crippen LogP contribution >= 0.6 is 0 Å². The Morgan fingerprint density at radius 2 is 1.90 bits per heavy atom. The van der Waals surface area contributed by atoms with E-state index in [2.05, 4.69) is 16.0 Å². The van der Waals surface area contributed by atoms with Crippen molar-refractivity contribution in [1.82, 2.24) is 5.32 Å². The van der Waals surface area contributed by atoms with Crippen LogP contribution in [0, 0.1) is 5.82 Å². The van der Waals surface area contributed by atoms with Gasteiger partial charge >= 0.3 is 0 Å². The number of carbonyl (C=O) groups excluding carboxylic acids is 2. The number of anilines is 2. The fourth-order valence-corrected chi connectivity index (χ4v) is 1.70. The lowest BCUT2D eigenvalue weighted by atomic mass is 10.0. The van der Waals surface area contributed by atoms with Crippen molar-refractivity contribution in [2.75, 3.05) is 17.2 Å².